The first-order valence-electron chi connectivity index (χ1n) is 6.77. The molecule has 0 saturated carbocycles. The zero-order chi connectivity index (χ0) is 16.3. The Kier molecular flexibility index (Phi) is 5.73. The number of nitrogens with one attached hydrogen (secondary N) is 1. The number of benzene rings is 1. The van der Waals surface area contributed by atoms with Crippen LogP contribution in [-0.2, 0) is 16.1 Å². The second-order valence-electron chi connectivity index (χ2n) is 5.00. The van der Waals surface area contributed by atoms with E-state index in [1.807, 2.05) is 0 Å². The van der Waals surface area contributed by atoms with E-state index in [1.165, 1.54) is 0 Å². The SMILES string of the molecule is O=C(O)C1=C(C(=O)NCc2c(Cl)cc(Cl)cc2Cl)CCCC1. The van der Waals surface area contributed by atoms with E-state index in [2.05, 4.69) is 5.32 Å². The van der Waals surface area contributed by atoms with Gasteiger partial charge in [-0.1, -0.05) is 34.8 Å². The normalized spacial score (nSPS) is 14.9. The van der Waals surface area contributed by atoms with Gasteiger partial charge in [0.15, 0.2) is 0 Å². The Morgan fingerprint density at radius 1 is 1.05 bits per heavy atom. The van der Waals surface area contributed by atoms with Crippen LogP contribution in [0.4, 0.5) is 0 Å². The van der Waals surface area contributed by atoms with Gasteiger partial charge in [-0.25, -0.2) is 4.79 Å². The van der Waals surface area contributed by atoms with Gasteiger partial charge in [0.25, 0.3) is 0 Å². The van der Waals surface area contributed by atoms with E-state index in [4.69, 9.17) is 39.9 Å². The summed E-state index contributed by atoms with van der Waals surface area (Å²) in [6, 6.07) is 3.08. The molecular weight excluding hydrogens is 349 g/mol. The predicted octanol–water partition coefficient (Wildman–Crippen LogP) is 4.22. The number of carbonyl (C=O) groups excluding carboxylic acids is 1. The topological polar surface area (TPSA) is 66.4 Å². The van der Waals surface area contributed by atoms with Crippen LogP contribution in [0.25, 0.3) is 0 Å². The highest BCUT2D eigenvalue weighted by Crippen LogP contribution is 2.29. The van der Waals surface area contributed by atoms with Crippen LogP contribution >= 0.6 is 34.8 Å². The lowest BCUT2D eigenvalue weighted by Crippen LogP contribution is -2.28. The number of rotatable bonds is 4. The second-order valence-corrected chi connectivity index (χ2v) is 6.25. The molecule has 1 aliphatic carbocycles. The number of hydrogen-bond acceptors (Lipinski definition) is 2. The molecule has 2 rings (SSSR count). The monoisotopic (exact) mass is 361 g/mol. The minimum absolute atomic E-state index is 0.115. The van der Waals surface area contributed by atoms with Gasteiger partial charge in [-0.3, -0.25) is 4.79 Å². The molecule has 0 aliphatic heterocycles. The smallest absolute Gasteiger partial charge is 0.332 e. The molecule has 0 aromatic heterocycles. The Morgan fingerprint density at radius 3 is 2.14 bits per heavy atom. The van der Waals surface area contributed by atoms with E-state index >= 15 is 0 Å². The molecule has 118 valence electrons. The summed E-state index contributed by atoms with van der Waals surface area (Å²) in [6.45, 7) is 0.115. The summed E-state index contributed by atoms with van der Waals surface area (Å²) in [5.41, 5.74) is 1.08. The highest BCUT2D eigenvalue weighted by molar-refractivity contribution is 6.39. The number of hydrogen-bond donors (Lipinski definition) is 2. The van der Waals surface area contributed by atoms with Gasteiger partial charge < -0.3 is 10.4 Å². The van der Waals surface area contributed by atoms with Crippen LogP contribution in [0.2, 0.25) is 15.1 Å². The quantitative estimate of drug-likeness (QED) is 0.843. The van der Waals surface area contributed by atoms with Crippen LogP contribution < -0.4 is 5.32 Å². The third kappa shape index (κ3) is 3.94. The van der Waals surface area contributed by atoms with Crippen molar-refractivity contribution in [2.45, 2.75) is 32.2 Å². The highest BCUT2D eigenvalue weighted by Gasteiger charge is 2.23. The summed E-state index contributed by atoms with van der Waals surface area (Å²) in [7, 11) is 0. The zero-order valence-corrected chi connectivity index (χ0v) is 13.9. The van der Waals surface area contributed by atoms with Crippen molar-refractivity contribution in [3.63, 3.8) is 0 Å². The molecule has 2 N–H and O–H groups in total. The number of aliphatic carboxylic acids is 1. The summed E-state index contributed by atoms with van der Waals surface area (Å²) in [5.74, 6) is -1.42. The van der Waals surface area contributed by atoms with Gasteiger partial charge in [0.2, 0.25) is 5.91 Å². The van der Waals surface area contributed by atoms with E-state index in [-0.39, 0.29) is 18.0 Å². The van der Waals surface area contributed by atoms with Crippen molar-refractivity contribution in [1.29, 1.82) is 0 Å². The molecule has 0 bridgehead atoms. The molecule has 1 amide bonds. The summed E-state index contributed by atoms with van der Waals surface area (Å²) < 4.78 is 0. The van der Waals surface area contributed by atoms with E-state index in [0.29, 0.717) is 39.0 Å². The van der Waals surface area contributed by atoms with Crippen molar-refractivity contribution in [2.24, 2.45) is 0 Å². The second kappa shape index (κ2) is 7.36. The number of halogens is 3. The van der Waals surface area contributed by atoms with E-state index in [9.17, 15) is 9.59 Å². The fourth-order valence-electron chi connectivity index (χ4n) is 2.41. The number of amides is 1. The average Bonchev–Trinajstić information content (AvgIpc) is 2.45. The van der Waals surface area contributed by atoms with Crippen LogP contribution in [0.3, 0.4) is 0 Å². The van der Waals surface area contributed by atoms with Gasteiger partial charge >= 0.3 is 5.97 Å². The Labute approximate surface area is 143 Å². The highest BCUT2D eigenvalue weighted by atomic mass is 35.5. The lowest BCUT2D eigenvalue weighted by Gasteiger charge is -2.17. The Hall–Kier alpha value is -1.23. The minimum atomic E-state index is -1.03. The maximum Gasteiger partial charge on any atom is 0.332 e. The van der Waals surface area contributed by atoms with Gasteiger partial charge in [-0.15, -0.1) is 0 Å². The lowest BCUT2D eigenvalue weighted by molar-refractivity contribution is -0.133. The molecule has 4 nitrogen and oxygen atoms in total. The summed E-state index contributed by atoms with van der Waals surface area (Å²) in [5, 5.41) is 13.0. The van der Waals surface area contributed by atoms with Crippen LogP contribution in [-0.4, -0.2) is 17.0 Å². The van der Waals surface area contributed by atoms with Crippen LogP contribution in [0.5, 0.6) is 0 Å². The average molecular weight is 363 g/mol. The van der Waals surface area contributed by atoms with Crippen molar-refractivity contribution in [2.75, 3.05) is 0 Å². The largest absolute Gasteiger partial charge is 0.478 e. The van der Waals surface area contributed by atoms with E-state index in [0.717, 1.165) is 12.8 Å². The fraction of sp³-hybridized carbons (Fsp3) is 0.333. The maximum atomic E-state index is 12.2. The zero-order valence-electron chi connectivity index (χ0n) is 11.6. The first kappa shape index (κ1) is 17.1. The van der Waals surface area contributed by atoms with Crippen LogP contribution in [0, 0.1) is 0 Å². The van der Waals surface area contributed by atoms with Gasteiger partial charge in [0.05, 0.1) is 0 Å². The van der Waals surface area contributed by atoms with Gasteiger partial charge in [0, 0.05) is 38.3 Å². The van der Waals surface area contributed by atoms with Crippen LogP contribution in [0.15, 0.2) is 23.3 Å². The molecule has 1 aromatic rings. The molecule has 0 atom stereocenters. The number of carbonyl (C=O) groups is 2. The molecule has 1 aliphatic rings. The Balaban J connectivity index is 2.15. The van der Waals surface area contributed by atoms with E-state index in [1.54, 1.807) is 12.1 Å². The fourth-order valence-corrected chi connectivity index (χ4v) is 3.36. The van der Waals surface area contributed by atoms with Crippen LogP contribution in [0.1, 0.15) is 31.2 Å². The Morgan fingerprint density at radius 2 is 1.59 bits per heavy atom. The minimum Gasteiger partial charge on any atom is -0.478 e. The van der Waals surface area contributed by atoms with Crippen molar-refractivity contribution in [1.82, 2.24) is 5.32 Å². The van der Waals surface area contributed by atoms with Crippen molar-refractivity contribution < 1.29 is 14.7 Å². The molecule has 22 heavy (non-hydrogen) atoms. The molecule has 0 heterocycles. The van der Waals surface area contributed by atoms with Crippen molar-refractivity contribution in [3.8, 4) is 0 Å². The molecule has 0 saturated heterocycles. The van der Waals surface area contributed by atoms with Gasteiger partial charge in [0.1, 0.15) is 0 Å². The first-order chi connectivity index (χ1) is 10.4. The molecule has 7 heteroatoms. The predicted molar refractivity (Wildman–Crippen MR) is 86.4 cm³/mol. The maximum absolute atomic E-state index is 12.2. The summed E-state index contributed by atoms with van der Waals surface area (Å²) in [6.07, 6.45) is 2.48. The third-order valence-electron chi connectivity index (χ3n) is 3.53. The molecule has 0 unspecified atom stereocenters. The van der Waals surface area contributed by atoms with Crippen molar-refractivity contribution in [3.05, 3.63) is 43.9 Å². The van der Waals surface area contributed by atoms with E-state index < -0.39 is 5.97 Å². The number of carboxylic acid groups (broad SMARTS) is 1. The molecular formula is C15H14Cl3NO3. The van der Waals surface area contributed by atoms with Gasteiger partial charge in [-0.2, -0.15) is 0 Å². The molecule has 0 spiro atoms. The molecule has 0 radical (unpaired) electrons. The summed E-state index contributed by atoms with van der Waals surface area (Å²) >= 11 is 17.9. The number of carboxylic acids is 1. The summed E-state index contributed by atoms with van der Waals surface area (Å²) in [4.78, 5) is 23.4. The lowest BCUT2D eigenvalue weighted by atomic mass is 9.91. The molecule has 0 fully saturated rings. The standard InChI is InChI=1S/C15H14Cl3NO3/c16-8-5-12(17)11(13(18)6-8)7-19-14(20)9-3-1-2-4-10(9)15(21)22/h5-6H,1-4,7H2,(H,19,20)(H,21,22). The molecule has 1 aromatic carbocycles. The third-order valence-corrected chi connectivity index (χ3v) is 4.42. The van der Waals surface area contributed by atoms with Crippen molar-refractivity contribution >= 4 is 46.7 Å². The first-order valence-corrected chi connectivity index (χ1v) is 7.90. The van der Waals surface area contributed by atoms with Gasteiger partial charge in [-0.05, 0) is 37.8 Å². The Bertz CT molecular complexity index is 632.